The highest BCUT2D eigenvalue weighted by Gasteiger charge is 2.63. The molecule has 1 aliphatic heterocycles. The summed E-state index contributed by atoms with van der Waals surface area (Å²) in [7, 11) is 0. The van der Waals surface area contributed by atoms with Crippen molar-refractivity contribution in [3.05, 3.63) is 42.2 Å². The van der Waals surface area contributed by atoms with Crippen molar-refractivity contribution in [3.63, 3.8) is 0 Å². The third-order valence-electron chi connectivity index (χ3n) is 12.4. The van der Waals surface area contributed by atoms with Gasteiger partial charge in [0.2, 0.25) is 5.79 Å². The minimum atomic E-state index is -0.671. The highest BCUT2D eigenvalue weighted by atomic mass is 19.1. The number of fused-ring (bicyclic) bond motifs is 5. The SMILES string of the molecule is C=C(c1ccc(F)cc1)C1COC2(CC[C@@]3(C)[C@H](CC[C@@H]4[C@@H]3CC[C@]3(C)[C@@H]([C@H](C)C(C)=O)CC[C@@H]43)C2)OO1. The first kappa shape index (κ1) is 26.7. The molecule has 0 N–H and O–H groups in total. The van der Waals surface area contributed by atoms with E-state index in [9.17, 15) is 9.18 Å². The smallest absolute Gasteiger partial charge is 0.202 e. The van der Waals surface area contributed by atoms with Crippen LogP contribution in [-0.4, -0.2) is 24.3 Å². The molecule has 1 spiro atoms. The fourth-order valence-electron chi connectivity index (χ4n) is 9.98. The van der Waals surface area contributed by atoms with E-state index in [2.05, 4.69) is 27.4 Å². The molecule has 5 fully saturated rings. The minimum Gasteiger partial charge on any atom is -0.344 e. The van der Waals surface area contributed by atoms with Crippen LogP contribution in [0.5, 0.6) is 0 Å². The van der Waals surface area contributed by atoms with Gasteiger partial charge in [-0.3, -0.25) is 4.79 Å². The van der Waals surface area contributed by atoms with Crippen LogP contribution in [0.25, 0.3) is 5.57 Å². The lowest BCUT2D eigenvalue weighted by molar-refractivity contribution is -0.489. The Balaban J connectivity index is 1.12. The molecule has 2 unspecified atom stereocenters. The molecular formula is C33H45FO4. The predicted molar refractivity (Wildman–Crippen MR) is 145 cm³/mol. The van der Waals surface area contributed by atoms with Gasteiger partial charge >= 0.3 is 0 Å². The number of halogens is 1. The van der Waals surface area contributed by atoms with E-state index in [1.807, 2.05) is 0 Å². The molecule has 208 valence electrons. The quantitative estimate of drug-likeness (QED) is 0.378. The number of benzene rings is 1. The first-order chi connectivity index (χ1) is 18.1. The number of Topliss-reactive ketones (excluding diaryl/α,β-unsaturated/α-hetero) is 1. The zero-order valence-electron chi connectivity index (χ0n) is 23.6. The zero-order chi connectivity index (χ0) is 26.9. The van der Waals surface area contributed by atoms with Crippen molar-refractivity contribution >= 4 is 11.4 Å². The maximum Gasteiger partial charge on any atom is 0.202 e. The number of carbonyl (C=O) groups excluding carboxylic acids is 1. The number of ketones is 1. The lowest BCUT2D eigenvalue weighted by Gasteiger charge is -2.62. The molecule has 0 radical (unpaired) electrons. The van der Waals surface area contributed by atoms with Gasteiger partial charge in [-0.2, -0.15) is 0 Å². The monoisotopic (exact) mass is 524 g/mol. The molecule has 1 heterocycles. The molecule has 6 rings (SSSR count). The zero-order valence-corrected chi connectivity index (χ0v) is 23.6. The van der Waals surface area contributed by atoms with E-state index in [0.29, 0.717) is 35.1 Å². The van der Waals surface area contributed by atoms with Gasteiger partial charge in [0, 0.05) is 18.8 Å². The number of ether oxygens (including phenoxy) is 1. The van der Waals surface area contributed by atoms with Crippen LogP contribution in [0.15, 0.2) is 30.8 Å². The first-order valence-electron chi connectivity index (χ1n) is 15.0. The first-order valence-corrected chi connectivity index (χ1v) is 15.0. The van der Waals surface area contributed by atoms with Crippen molar-refractivity contribution in [3.8, 4) is 0 Å². The molecule has 1 aromatic rings. The lowest BCUT2D eigenvalue weighted by Crippen LogP contribution is -2.58. The largest absolute Gasteiger partial charge is 0.344 e. The Morgan fingerprint density at radius 3 is 2.42 bits per heavy atom. The summed E-state index contributed by atoms with van der Waals surface area (Å²) in [6.07, 6.45) is 10.0. The fourth-order valence-corrected chi connectivity index (χ4v) is 9.98. The number of hydrogen-bond acceptors (Lipinski definition) is 4. The summed E-state index contributed by atoms with van der Waals surface area (Å²) >= 11 is 0. The van der Waals surface area contributed by atoms with Crippen LogP contribution < -0.4 is 0 Å². The molecule has 4 nitrogen and oxygen atoms in total. The maximum atomic E-state index is 13.3. The van der Waals surface area contributed by atoms with Gasteiger partial charge in [0.05, 0.1) is 6.61 Å². The second kappa shape index (κ2) is 9.52. The third-order valence-corrected chi connectivity index (χ3v) is 12.4. The van der Waals surface area contributed by atoms with Crippen molar-refractivity contribution < 1.29 is 23.7 Å². The normalized spacial score (nSPS) is 45.1. The highest BCUT2D eigenvalue weighted by molar-refractivity contribution is 5.78. The molecule has 1 aromatic carbocycles. The summed E-state index contributed by atoms with van der Waals surface area (Å²) in [5, 5.41) is 0. The van der Waals surface area contributed by atoms with Crippen molar-refractivity contribution in [2.45, 2.75) is 97.4 Å². The number of hydrogen-bond donors (Lipinski definition) is 0. The molecule has 0 bridgehead atoms. The summed E-state index contributed by atoms with van der Waals surface area (Å²) in [6.45, 7) is 13.6. The van der Waals surface area contributed by atoms with Crippen LogP contribution >= 0.6 is 0 Å². The molecule has 5 aliphatic rings. The Labute approximate surface area is 227 Å². The van der Waals surface area contributed by atoms with Gasteiger partial charge in [-0.05, 0) is 116 Å². The van der Waals surface area contributed by atoms with Crippen LogP contribution in [-0.2, 0) is 19.3 Å². The fraction of sp³-hybridized carbons (Fsp3) is 0.727. The number of rotatable bonds is 4. The molecule has 1 saturated heterocycles. The average molecular weight is 525 g/mol. The second-order valence-corrected chi connectivity index (χ2v) is 13.9. The number of carbonyl (C=O) groups is 1. The summed E-state index contributed by atoms with van der Waals surface area (Å²) in [6, 6.07) is 6.32. The Bertz CT molecular complexity index is 1070. The molecule has 5 heteroatoms. The Hall–Kier alpha value is -1.56. The van der Waals surface area contributed by atoms with Gasteiger partial charge in [-0.15, -0.1) is 0 Å². The van der Waals surface area contributed by atoms with E-state index in [-0.39, 0.29) is 17.8 Å². The van der Waals surface area contributed by atoms with Crippen LogP contribution in [0.1, 0.15) is 91.0 Å². The molecule has 4 aliphatic carbocycles. The van der Waals surface area contributed by atoms with Crippen LogP contribution in [0, 0.1) is 52.2 Å². The van der Waals surface area contributed by atoms with E-state index in [4.69, 9.17) is 14.5 Å². The summed E-state index contributed by atoms with van der Waals surface area (Å²) in [4.78, 5) is 24.3. The molecule has 0 aromatic heterocycles. The van der Waals surface area contributed by atoms with E-state index in [1.54, 1.807) is 19.1 Å². The summed E-state index contributed by atoms with van der Waals surface area (Å²) < 4.78 is 19.8. The van der Waals surface area contributed by atoms with Crippen LogP contribution in [0.2, 0.25) is 0 Å². The van der Waals surface area contributed by atoms with Crippen molar-refractivity contribution in [2.24, 2.45) is 46.3 Å². The Morgan fingerprint density at radius 1 is 1.00 bits per heavy atom. The van der Waals surface area contributed by atoms with Gasteiger partial charge in [-0.25, -0.2) is 14.2 Å². The molecule has 4 saturated carbocycles. The molecular weight excluding hydrogens is 479 g/mol. The summed E-state index contributed by atoms with van der Waals surface area (Å²) in [5.41, 5.74) is 2.21. The standard InChI is InChI=1S/C33H45FO4/c1-20(22(3)35)27-12-13-28-26-11-8-24-18-33(17-16-31(24,4)29(26)14-15-32(27,28)5)36-19-30(37-38-33)21(2)23-6-9-25(34)10-7-23/h6-7,9-10,20,24,26-30H,2,8,11-19H2,1,3-5H3/t20-,24-,26+,27-,28+,29+,30?,31+,32-,33?/m1/s1. The van der Waals surface area contributed by atoms with Crippen LogP contribution in [0.4, 0.5) is 4.39 Å². The van der Waals surface area contributed by atoms with Gasteiger partial charge in [-0.1, -0.05) is 39.5 Å². The van der Waals surface area contributed by atoms with Gasteiger partial charge < -0.3 is 4.74 Å². The maximum absolute atomic E-state index is 13.3. The molecule has 38 heavy (non-hydrogen) atoms. The Kier molecular flexibility index (Phi) is 6.68. The van der Waals surface area contributed by atoms with E-state index >= 15 is 0 Å². The van der Waals surface area contributed by atoms with E-state index < -0.39 is 5.79 Å². The van der Waals surface area contributed by atoms with Gasteiger partial charge in [0.1, 0.15) is 17.7 Å². The van der Waals surface area contributed by atoms with Crippen molar-refractivity contribution in [2.75, 3.05) is 6.61 Å². The average Bonchev–Trinajstić information content (AvgIpc) is 3.26. The second-order valence-electron chi connectivity index (χ2n) is 13.9. The topological polar surface area (TPSA) is 44.8 Å². The van der Waals surface area contributed by atoms with Gasteiger partial charge in [0.15, 0.2) is 0 Å². The van der Waals surface area contributed by atoms with E-state index in [0.717, 1.165) is 48.2 Å². The van der Waals surface area contributed by atoms with Gasteiger partial charge in [0.25, 0.3) is 0 Å². The Morgan fingerprint density at radius 2 is 1.74 bits per heavy atom. The molecule has 10 atom stereocenters. The summed E-state index contributed by atoms with van der Waals surface area (Å²) in [5.74, 6) is 3.01. The third kappa shape index (κ3) is 4.14. The van der Waals surface area contributed by atoms with Crippen molar-refractivity contribution in [1.82, 2.24) is 0 Å². The van der Waals surface area contributed by atoms with E-state index in [1.165, 1.54) is 50.7 Å². The molecule has 0 amide bonds. The van der Waals surface area contributed by atoms with Crippen molar-refractivity contribution in [1.29, 1.82) is 0 Å². The minimum absolute atomic E-state index is 0.187. The predicted octanol–water partition coefficient (Wildman–Crippen LogP) is 7.77. The lowest BCUT2D eigenvalue weighted by atomic mass is 9.44. The highest BCUT2D eigenvalue weighted by Crippen LogP contribution is 2.69. The van der Waals surface area contributed by atoms with Crippen LogP contribution in [0.3, 0.4) is 0 Å².